The van der Waals surface area contributed by atoms with Gasteiger partial charge in [-0.25, -0.2) is 0 Å². The number of carboxylic acids is 1. The maximum atomic E-state index is 11.2. The summed E-state index contributed by atoms with van der Waals surface area (Å²) in [6.07, 6.45) is 1.71. The van der Waals surface area contributed by atoms with Gasteiger partial charge in [-0.1, -0.05) is 36.7 Å². The van der Waals surface area contributed by atoms with Crippen molar-refractivity contribution in [2.24, 2.45) is 5.92 Å². The second-order valence-electron chi connectivity index (χ2n) is 7.81. The van der Waals surface area contributed by atoms with E-state index >= 15 is 0 Å². The standard InChI is InChI=1S/C23H29ClN2O2/c1-4-22(17-6-8-21(24)16(3)11-17)25-20-7-5-15(2)19(12-20)14-26-10-9-18(13-26)23(27)28/h5-8,11-12,18,22,25H,4,9-10,13-14H2,1-3H3,(H,27,28)/t18?,22-/m1/s1. The molecule has 5 heteroatoms. The molecule has 0 aromatic heterocycles. The number of rotatable bonds is 7. The van der Waals surface area contributed by atoms with E-state index in [0.717, 1.165) is 42.2 Å². The number of nitrogens with zero attached hydrogens (tertiary/aromatic N) is 1. The zero-order chi connectivity index (χ0) is 20.3. The number of aliphatic carboxylic acids is 1. The van der Waals surface area contributed by atoms with Crippen molar-refractivity contribution in [2.75, 3.05) is 18.4 Å². The molecule has 3 rings (SSSR count). The van der Waals surface area contributed by atoms with Crippen LogP contribution in [0.15, 0.2) is 36.4 Å². The third-order valence-electron chi connectivity index (χ3n) is 5.70. The van der Waals surface area contributed by atoms with E-state index in [1.165, 1.54) is 16.7 Å². The molecule has 2 aromatic rings. The van der Waals surface area contributed by atoms with Gasteiger partial charge in [-0.05, 0) is 73.7 Å². The van der Waals surface area contributed by atoms with Crippen LogP contribution < -0.4 is 5.32 Å². The van der Waals surface area contributed by atoms with Crippen LogP contribution in [-0.2, 0) is 11.3 Å². The molecule has 1 aliphatic rings. The fraction of sp³-hybridized carbons (Fsp3) is 0.435. The molecule has 0 spiro atoms. The highest BCUT2D eigenvalue weighted by molar-refractivity contribution is 6.31. The first-order chi connectivity index (χ1) is 13.4. The number of halogens is 1. The van der Waals surface area contributed by atoms with Gasteiger partial charge in [-0.15, -0.1) is 0 Å². The summed E-state index contributed by atoms with van der Waals surface area (Å²) in [6.45, 7) is 8.59. The molecule has 28 heavy (non-hydrogen) atoms. The number of carboxylic acid groups (broad SMARTS) is 1. The second kappa shape index (κ2) is 8.97. The van der Waals surface area contributed by atoms with Crippen molar-refractivity contribution in [3.05, 3.63) is 63.7 Å². The van der Waals surface area contributed by atoms with Crippen LogP contribution in [0.1, 0.15) is 48.1 Å². The number of hydrogen-bond acceptors (Lipinski definition) is 3. The second-order valence-corrected chi connectivity index (χ2v) is 8.22. The summed E-state index contributed by atoms with van der Waals surface area (Å²) < 4.78 is 0. The Labute approximate surface area is 172 Å². The number of aryl methyl sites for hydroxylation is 2. The minimum atomic E-state index is -0.682. The number of hydrogen-bond donors (Lipinski definition) is 2. The molecular formula is C23H29ClN2O2. The molecule has 1 unspecified atom stereocenters. The van der Waals surface area contributed by atoms with Crippen molar-refractivity contribution in [3.63, 3.8) is 0 Å². The Balaban J connectivity index is 1.73. The van der Waals surface area contributed by atoms with Crippen LogP contribution in [0.3, 0.4) is 0 Å². The molecule has 150 valence electrons. The first-order valence-corrected chi connectivity index (χ1v) is 10.3. The van der Waals surface area contributed by atoms with Crippen LogP contribution in [0.4, 0.5) is 5.69 Å². The zero-order valence-electron chi connectivity index (χ0n) is 16.8. The summed E-state index contributed by atoms with van der Waals surface area (Å²) in [5.74, 6) is -0.919. The third kappa shape index (κ3) is 4.86. The number of likely N-dealkylation sites (tertiary alicyclic amines) is 1. The summed E-state index contributed by atoms with van der Waals surface area (Å²) in [5.41, 5.74) is 5.90. The van der Waals surface area contributed by atoms with Crippen LogP contribution in [-0.4, -0.2) is 29.1 Å². The summed E-state index contributed by atoms with van der Waals surface area (Å²) in [5, 5.41) is 13.7. The van der Waals surface area contributed by atoms with Crippen LogP contribution in [0, 0.1) is 19.8 Å². The summed E-state index contributed by atoms with van der Waals surface area (Å²) >= 11 is 6.18. The fourth-order valence-electron chi connectivity index (χ4n) is 3.86. The van der Waals surface area contributed by atoms with Gasteiger partial charge in [0.2, 0.25) is 0 Å². The number of anilines is 1. The van der Waals surface area contributed by atoms with E-state index in [0.29, 0.717) is 6.54 Å². The molecule has 2 atom stereocenters. The SMILES string of the molecule is CC[C@@H](Nc1ccc(C)c(CN2CCC(C(=O)O)C2)c1)c1ccc(Cl)c(C)c1. The lowest BCUT2D eigenvalue weighted by Gasteiger charge is -2.22. The largest absolute Gasteiger partial charge is 0.481 e. The van der Waals surface area contributed by atoms with E-state index in [2.05, 4.69) is 54.4 Å². The van der Waals surface area contributed by atoms with Gasteiger partial charge in [0.15, 0.2) is 0 Å². The predicted molar refractivity (Wildman–Crippen MR) is 115 cm³/mol. The molecule has 2 aromatic carbocycles. The van der Waals surface area contributed by atoms with E-state index in [9.17, 15) is 9.90 Å². The average molecular weight is 401 g/mol. The Bertz CT molecular complexity index is 852. The maximum absolute atomic E-state index is 11.2. The van der Waals surface area contributed by atoms with Crippen LogP contribution in [0.2, 0.25) is 5.02 Å². The highest BCUT2D eigenvalue weighted by Crippen LogP contribution is 2.28. The molecule has 0 amide bonds. The Morgan fingerprint density at radius 3 is 2.68 bits per heavy atom. The molecule has 0 saturated carbocycles. The minimum Gasteiger partial charge on any atom is -0.481 e. The van der Waals surface area contributed by atoms with E-state index in [1.54, 1.807) is 0 Å². The lowest BCUT2D eigenvalue weighted by Crippen LogP contribution is -2.23. The van der Waals surface area contributed by atoms with Crippen molar-refractivity contribution < 1.29 is 9.90 Å². The zero-order valence-corrected chi connectivity index (χ0v) is 17.6. The number of nitrogens with one attached hydrogen (secondary N) is 1. The first kappa shape index (κ1) is 20.7. The highest BCUT2D eigenvalue weighted by atomic mass is 35.5. The highest BCUT2D eigenvalue weighted by Gasteiger charge is 2.28. The van der Waals surface area contributed by atoms with Gasteiger partial charge in [-0.2, -0.15) is 0 Å². The average Bonchev–Trinajstić information content (AvgIpc) is 3.13. The van der Waals surface area contributed by atoms with Gasteiger partial charge in [0.1, 0.15) is 0 Å². The van der Waals surface area contributed by atoms with Gasteiger partial charge in [0, 0.05) is 23.8 Å². The molecule has 0 bridgehead atoms. The lowest BCUT2D eigenvalue weighted by molar-refractivity contribution is -0.141. The molecule has 1 saturated heterocycles. The molecule has 4 nitrogen and oxygen atoms in total. The van der Waals surface area contributed by atoms with Gasteiger partial charge >= 0.3 is 5.97 Å². The molecular weight excluding hydrogens is 372 g/mol. The van der Waals surface area contributed by atoms with Crippen LogP contribution in [0.5, 0.6) is 0 Å². The monoisotopic (exact) mass is 400 g/mol. The van der Waals surface area contributed by atoms with Crippen LogP contribution in [0.25, 0.3) is 0 Å². The Hall–Kier alpha value is -2.04. The Kier molecular flexibility index (Phi) is 6.63. The van der Waals surface area contributed by atoms with E-state index < -0.39 is 5.97 Å². The first-order valence-electron chi connectivity index (χ1n) is 9.94. The lowest BCUT2D eigenvalue weighted by atomic mass is 10.0. The normalized spacial score (nSPS) is 18.2. The quantitative estimate of drug-likeness (QED) is 0.650. The molecule has 0 radical (unpaired) electrons. The van der Waals surface area contributed by atoms with Crippen molar-refractivity contribution in [1.82, 2.24) is 4.90 Å². The minimum absolute atomic E-state index is 0.217. The van der Waals surface area contributed by atoms with Gasteiger partial charge in [-0.3, -0.25) is 9.69 Å². The predicted octanol–water partition coefficient (Wildman–Crippen LogP) is 5.43. The van der Waals surface area contributed by atoms with Crippen molar-refractivity contribution in [1.29, 1.82) is 0 Å². The van der Waals surface area contributed by atoms with Crippen molar-refractivity contribution in [3.8, 4) is 0 Å². The third-order valence-corrected chi connectivity index (χ3v) is 6.12. The maximum Gasteiger partial charge on any atom is 0.307 e. The van der Waals surface area contributed by atoms with E-state index in [4.69, 9.17) is 11.6 Å². The topological polar surface area (TPSA) is 52.6 Å². The Morgan fingerprint density at radius 2 is 2.04 bits per heavy atom. The van der Waals surface area contributed by atoms with Crippen molar-refractivity contribution in [2.45, 2.75) is 46.2 Å². The van der Waals surface area contributed by atoms with Gasteiger partial charge in [0.05, 0.1) is 12.0 Å². The number of benzene rings is 2. The van der Waals surface area contributed by atoms with Gasteiger partial charge in [0.25, 0.3) is 0 Å². The smallest absolute Gasteiger partial charge is 0.307 e. The molecule has 1 heterocycles. The summed E-state index contributed by atoms with van der Waals surface area (Å²) in [7, 11) is 0. The summed E-state index contributed by atoms with van der Waals surface area (Å²) in [4.78, 5) is 13.5. The van der Waals surface area contributed by atoms with Crippen molar-refractivity contribution >= 4 is 23.3 Å². The van der Waals surface area contributed by atoms with Gasteiger partial charge < -0.3 is 10.4 Å². The van der Waals surface area contributed by atoms with E-state index in [1.807, 2.05) is 13.0 Å². The molecule has 1 fully saturated rings. The molecule has 2 N–H and O–H groups in total. The Morgan fingerprint density at radius 1 is 1.25 bits per heavy atom. The molecule has 0 aliphatic carbocycles. The van der Waals surface area contributed by atoms with E-state index in [-0.39, 0.29) is 12.0 Å². The fourth-order valence-corrected chi connectivity index (χ4v) is 3.97. The molecule has 1 aliphatic heterocycles. The summed E-state index contributed by atoms with van der Waals surface area (Å²) in [6, 6.07) is 12.9. The van der Waals surface area contributed by atoms with Crippen LogP contribution >= 0.6 is 11.6 Å². The number of carbonyl (C=O) groups is 1.